The molecule has 1 unspecified atom stereocenters. The third kappa shape index (κ3) is 4.41. The Bertz CT molecular complexity index is 1020. The Balaban J connectivity index is 1.48. The van der Waals surface area contributed by atoms with Crippen molar-refractivity contribution in [3.05, 3.63) is 58.9 Å². The van der Waals surface area contributed by atoms with Crippen LogP contribution in [0.1, 0.15) is 52.7 Å². The molecule has 1 aromatic heterocycles. The highest BCUT2D eigenvalue weighted by Crippen LogP contribution is 2.38. The molecule has 2 aromatic rings. The average Bonchev–Trinajstić information content (AvgIpc) is 2.65. The zero-order chi connectivity index (χ0) is 22.3. The number of aliphatic carboxylic acids is 1. The Hall–Kier alpha value is -2.94. The van der Waals surface area contributed by atoms with Crippen molar-refractivity contribution in [3.63, 3.8) is 0 Å². The van der Waals surface area contributed by atoms with E-state index in [0.717, 1.165) is 23.7 Å². The summed E-state index contributed by atoms with van der Waals surface area (Å²) in [4.78, 5) is 29.5. The number of aromatic nitrogens is 1. The van der Waals surface area contributed by atoms with Gasteiger partial charge < -0.3 is 10.4 Å². The average molecular weight is 433 g/mol. The Morgan fingerprint density at radius 2 is 1.94 bits per heavy atom. The summed E-state index contributed by atoms with van der Waals surface area (Å²) in [5.74, 6) is -1.33. The van der Waals surface area contributed by atoms with Crippen LogP contribution < -0.4 is 5.32 Å². The molecule has 0 bridgehead atoms. The summed E-state index contributed by atoms with van der Waals surface area (Å²) in [6, 6.07) is 6.39. The lowest BCUT2D eigenvalue weighted by Crippen LogP contribution is -2.49. The first-order valence-corrected chi connectivity index (χ1v) is 10.0. The first-order chi connectivity index (χ1) is 14.6. The molecule has 9 heteroatoms. The van der Waals surface area contributed by atoms with Gasteiger partial charge >= 0.3 is 12.1 Å². The predicted octanol–water partition coefficient (Wildman–Crippen LogP) is 4.14. The van der Waals surface area contributed by atoms with E-state index in [1.165, 1.54) is 6.20 Å². The van der Waals surface area contributed by atoms with Crippen LogP contribution in [-0.4, -0.2) is 39.5 Å². The van der Waals surface area contributed by atoms with Gasteiger partial charge in [-0.15, -0.1) is 0 Å². The van der Waals surface area contributed by atoms with Gasteiger partial charge in [0.2, 0.25) is 0 Å². The van der Waals surface area contributed by atoms with Crippen molar-refractivity contribution in [2.45, 2.75) is 44.4 Å². The minimum atomic E-state index is -4.54. The molecule has 0 spiro atoms. The van der Waals surface area contributed by atoms with Gasteiger partial charge in [-0.05, 0) is 48.1 Å². The van der Waals surface area contributed by atoms with Gasteiger partial charge in [0, 0.05) is 30.9 Å². The van der Waals surface area contributed by atoms with E-state index < -0.39 is 23.6 Å². The number of rotatable bonds is 4. The summed E-state index contributed by atoms with van der Waals surface area (Å²) < 4.78 is 38.6. The molecule has 2 N–H and O–H groups in total. The second kappa shape index (κ2) is 7.96. The molecule has 4 rings (SSSR count). The SMILES string of the molecule is CC1CN(C2CC(C(=O)O)C2)Cc2cc(C(=O)Nc3cncc(C(F)(F)F)c3)ccc21. The van der Waals surface area contributed by atoms with Crippen LogP contribution in [0.2, 0.25) is 0 Å². The molecule has 1 amide bonds. The predicted molar refractivity (Wildman–Crippen MR) is 107 cm³/mol. The normalized spacial score (nSPS) is 23.5. The Morgan fingerprint density at radius 1 is 1.19 bits per heavy atom. The fourth-order valence-corrected chi connectivity index (χ4v) is 4.33. The summed E-state index contributed by atoms with van der Waals surface area (Å²) >= 11 is 0. The third-order valence-electron chi connectivity index (χ3n) is 6.12. The Labute approximate surface area is 177 Å². The molecule has 6 nitrogen and oxygen atoms in total. The molecule has 0 radical (unpaired) electrons. The molecule has 2 aliphatic rings. The fourth-order valence-electron chi connectivity index (χ4n) is 4.33. The van der Waals surface area contributed by atoms with Gasteiger partial charge in [0.05, 0.1) is 23.4 Å². The molecular weight excluding hydrogens is 411 g/mol. The van der Waals surface area contributed by atoms with Crippen molar-refractivity contribution in [1.82, 2.24) is 9.88 Å². The number of fused-ring (bicyclic) bond motifs is 1. The summed E-state index contributed by atoms with van der Waals surface area (Å²) in [6.45, 7) is 3.53. The second-order valence-corrected chi connectivity index (χ2v) is 8.32. The van der Waals surface area contributed by atoms with Crippen molar-refractivity contribution >= 4 is 17.6 Å². The first kappa shape index (κ1) is 21.3. The molecule has 31 heavy (non-hydrogen) atoms. The van der Waals surface area contributed by atoms with Gasteiger partial charge in [-0.2, -0.15) is 13.2 Å². The number of hydrogen-bond donors (Lipinski definition) is 2. The maximum absolute atomic E-state index is 12.9. The van der Waals surface area contributed by atoms with Gasteiger partial charge in [0.15, 0.2) is 0 Å². The van der Waals surface area contributed by atoms with Gasteiger partial charge in [-0.25, -0.2) is 0 Å². The number of amides is 1. The van der Waals surface area contributed by atoms with E-state index in [1.807, 2.05) is 6.07 Å². The van der Waals surface area contributed by atoms with Gasteiger partial charge in [-0.1, -0.05) is 13.0 Å². The highest BCUT2D eigenvalue weighted by Gasteiger charge is 2.40. The lowest BCUT2D eigenvalue weighted by molar-refractivity contribution is -0.147. The second-order valence-electron chi connectivity index (χ2n) is 8.32. The highest BCUT2D eigenvalue weighted by molar-refractivity contribution is 6.04. The molecule has 1 fully saturated rings. The Kier molecular flexibility index (Phi) is 5.47. The highest BCUT2D eigenvalue weighted by atomic mass is 19.4. The van der Waals surface area contributed by atoms with Crippen LogP contribution in [-0.2, 0) is 17.5 Å². The standard InChI is InChI=1S/C22H22F3N3O3/c1-12-10-28(18-5-14(6-18)21(30)31)11-15-4-13(2-3-19(12)15)20(29)27-17-7-16(8-26-9-17)22(23,24)25/h2-4,7-9,12,14,18H,5-6,10-11H2,1H3,(H,27,29)(H,30,31). The van der Waals surface area contributed by atoms with E-state index in [-0.39, 0.29) is 23.6 Å². The van der Waals surface area contributed by atoms with Gasteiger partial charge in [0.25, 0.3) is 5.91 Å². The third-order valence-corrected chi connectivity index (χ3v) is 6.12. The van der Waals surface area contributed by atoms with Crippen LogP contribution in [0.4, 0.5) is 18.9 Å². The number of nitrogens with zero attached hydrogens (tertiary/aromatic N) is 2. The van der Waals surface area contributed by atoms with Crippen molar-refractivity contribution in [2.75, 3.05) is 11.9 Å². The Morgan fingerprint density at radius 3 is 2.61 bits per heavy atom. The van der Waals surface area contributed by atoms with Crippen molar-refractivity contribution < 1.29 is 27.9 Å². The number of nitrogens with one attached hydrogen (secondary N) is 1. The van der Waals surface area contributed by atoms with Crippen LogP contribution >= 0.6 is 0 Å². The molecule has 164 valence electrons. The van der Waals surface area contributed by atoms with Crippen molar-refractivity contribution in [1.29, 1.82) is 0 Å². The van der Waals surface area contributed by atoms with E-state index >= 15 is 0 Å². The van der Waals surface area contributed by atoms with Crippen LogP contribution in [0.15, 0.2) is 36.7 Å². The zero-order valence-corrected chi connectivity index (χ0v) is 16.8. The number of carbonyl (C=O) groups is 2. The van der Waals surface area contributed by atoms with Crippen LogP contribution in [0, 0.1) is 5.92 Å². The molecule has 1 aromatic carbocycles. The maximum Gasteiger partial charge on any atom is 0.417 e. The van der Waals surface area contributed by atoms with Gasteiger partial charge in [0.1, 0.15) is 0 Å². The van der Waals surface area contributed by atoms with Crippen LogP contribution in [0.3, 0.4) is 0 Å². The van der Waals surface area contributed by atoms with Crippen LogP contribution in [0.5, 0.6) is 0 Å². The molecule has 0 saturated heterocycles. The molecule has 1 aliphatic carbocycles. The van der Waals surface area contributed by atoms with Crippen molar-refractivity contribution in [3.8, 4) is 0 Å². The van der Waals surface area contributed by atoms with Gasteiger partial charge in [-0.3, -0.25) is 19.5 Å². The molecule has 1 aliphatic heterocycles. The summed E-state index contributed by atoms with van der Waals surface area (Å²) in [5.41, 5.74) is 1.50. The monoisotopic (exact) mass is 433 g/mol. The fraction of sp³-hybridized carbons (Fsp3) is 0.409. The molecule has 2 heterocycles. The topological polar surface area (TPSA) is 82.5 Å². The van der Waals surface area contributed by atoms with Crippen LogP contribution in [0.25, 0.3) is 0 Å². The zero-order valence-electron chi connectivity index (χ0n) is 16.8. The maximum atomic E-state index is 12.9. The minimum Gasteiger partial charge on any atom is -0.481 e. The molecular formula is C22H22F3N3O3. The van der Waals surface area contributed by atoms with E-state index in [0.29, 0.717) is 31.1 Å². The number of carboxylic acids is 1. The number of pyridine rings is 1. The number of carboxylic acid groups (broad SMARTS) is 1. The number of hydrogen-bond acceptors (Lipinski definition) is 4. The lowest BCUT2D eigenvalue weighted by atomic mass is 9.77. The largest absolute Gasteiger partial charge is 0.481 e. The number of benzene rings is 1. The van der Waals surface area contributed by atoms with E-state index in [2.05, 4.69) is 22.1 Å². The smallest absolute Gasteiger partial charge is 0.417 e. The van der Waals surface area contributed by atoms with E-state index in [4.69, 9.17) is 5.11 Å². The summed E-state index contributed by atoms with van der Waals surface area (Å²) in [6.07, 6.45) is -1.41. The summed E-state index contributed by atoms with van der Waals surface area (Å²) in [7, 11) is 0. The lowest BCUT2D eigenvalue weighted by Gasteiger charge is -2.45. The number of halogens is 3. The quantitative estimate of drug-likeness (QED) is 0.758. The molecule has 1 atom stereocenters. The van der Waals surface area contributed by atoms with E-state index in [9.17, 15) is 22.8 Å². The number of anilines is 1. The van der Waals surface area contributed by atoms with E-state index in [1.54, 1.807) is 12.1 Å². The summed E-state index contributed by atoms with van der Waals surface area (Å²) in [5, 5.41) is 11.6. The first-order valence-electron chi connectivity index (χ1n) is 10.0. The van der Waals surface area contributed by atoms with Crippen molar-refractivity contribution in [2.24, 2.45) is 5.92 Å². The number of alkyl halides is 3. The number of carbonyl (C=O) groups excluding carboxylic acids is 1. The minimum absolute atomic E-state index is 0.0262. The molecule has 1 saturated carbocycles.